The number of rotatable bonds is 4. The van der Waals surface area contributed by atoms with Gasteiger partial charge >= 0.3 is 5.56 Å². The maximum atomic E-state index is 12.2. The summed E-state index contributed by atoms with van der Waals surface area (Å²) in [5.41, 5.74) is 6.01. The first kappa shape index (κ1) is 14.6. The van der Waals surface area contributed by atoms with Crippen LogP contribution in [0.4, 0.5) is 5.69 Å². The van der Waals surface area contributed by atoms with Gasteiger partial charge < -0.3 is 15.0 Å². The van der Waals surface area contributed by atoms with Gasteiger partial charge in [-0.2, -0.15) is 0 Å². The summed E-state index contributed by atoms with van der Waals surface area (Å²) in [5.74, 6) is 0.874. The van der Waals surface area contributed by atoms with Crippen LogP contribution in [0.15, 0.2) is 39.9 Å². The van der Waals surface area contributed by atoms with Gasteiger partial charge in [-0.25, -0.2) is 4.98 Å². The maximum absolute atomic E-state index is 12.2. The molecule has 0 aliphatic heterocycles. The molecule has 0 aliphatic rings. The summed E-state index contributed by atoms with van der Waals surface area (Å²) in [7, 11) is 0. The number of nitrogen functional groups attached to an aromatic ring is 1. The molecule has 0 aliphatic carbocycles. The molecule has 5 nitrogen and oxygen atoms in total. The molecule has 6 heteroatoms. The zero-order chi connectivity index (χ0) is 14.7. The van der Waals surface area contributed by atoms with Crippen LogP contribution in [0.3, 0.4) is 0 Å². The normalized spacial score (nSPS) is 10.8. The van der Waals surface area contributed by atoms with Gasteiger partial charge in [0, 0.05) is 30.7 Å². The van der Waals surface area contributed by atoms with E-state index in [1.807, 2.05) is 13.8 Å². The van der Waals surface area contributed by atoms with Crippen molar-refractivity contribution in [3.05, 3.63) is 45.4 Å². The molecule has 0 unspecified atom stereocenters. The molecule has 1 aromatic carbocycles. The molecule has 2 aromatic rings. The average Bonchev–Trinajstić information content (AvgIpc) is 2.38. The van der Waals surface area contributed by atoms with Gasteiger partial charge in [0.2, 0.25) is 0 Å². The van der Waals surface area contributed by atoms with Crippen LogP contribution in [0.2, 0.25) is 0 Å². The Morgan fingerprint density at radius 2 is 2.20 bits per heavy atom. The molecule has 2 N–H and O–H groups in total. The lowest BCUT2D eigenvalue weighted by Gasteiger charge is -2.11. The second-order valence-corrected chi connectivity index (χ2v) is 5.73. The van der Waals surface area contributed by atoms with Crippen LogP contribution in [0.25, 0.3) is 0 Å². The summed E-state index contributed by atoms with van der Waals surface area (Å²) >= 11 is 3.35. The highest BCUT2D eigenvalue weighted by Gasteiger charge is 2.10. The molecule has 0 atom stereocenters. The average molecular weight is 338 g/mol. The zero-order valence-corrected chi connectivity index (χ0v) is 12.9. The lowest BCUT2D eigenvalue weighted by atomic mass is 10.2. The van der Waals surface area contributed by atoms with E-state index in [0.717, 1.165) is 0 Å². The third-order valence-corrected chi connectivity index (χ3v) is 3.26. The van der Waals surface area contributed by atoms with Crippen molar-refractivity contribution in [2.24, 2.45) is 5.92 Å². The smallest absolute Gasteiger partial charge is 0.313 e. The Morgan fingerprint density at radius 1 is 1.45 bits per heavy atom. The molecule has 106 valence electrons. The van der Waals surface area contributed by atoms with Crippen LogP contribution >= 0.6 is 15.9 Å². The fourth-order valence-electron chi connectivity index (χ4n) is 1.74. The number of nitrogens with zero attached hydrogens (tertiary/aromatic N) is 2. The van der Waals surface area contributed by atoms with Crippen molar-refractivity contribution >= 4 is 21.6 Å². The summed E-state index contributed by atoms with van der Waals surface area (Å²) in [5, 5.41) is 0. The minimum atomic E-state index is -0.254. The van der Waals surface area contributed by atoms with E-state index in [9.17, 15) is 4.79 Å². The number of benzene rings is 1. The topological polar surface area (TPSA) is 70.1 Å². The molecule has 0 saturated heterocycles. The first-order valence-electron chi connectivity index (χ1n) is 6.25. The summed E-state index contributed by atoms with van der Waals surface area (Å²) in [6.07, 6.45) is 3.21. The molecular formula is C14H16BrN3O2. The van der Waals surface area contributed by atoms with Gasteiger partial charge in [-0.05, 0) is 34.0 Å². The molecule has 0 saturated carbocycles. The van der Waals surface area contributed by atoms with Gasteiger partial charge in [-0.1, -0.05) is 13.8 Å². The SMILES string of the molecule is CC(C)Cn1ccnc(Oc2cc(N)ccc2Br)c1=O. The Labute approximate surface area is 125 Å². The molecule has 0 radical (unpaired) electrons. The Kier molecular flexibility index (Phi) is 4.44. The van der Waals surface area contributed by atoms with E-state index in [-0.39, 0.29) is 11.4 Å². The monoisotopic (exact) mass is 337 g/mol. The molecule has 0 spiro atoms. The van der Waals surface area contributed by atoms with Gasteiger partial charge in [0.05, 0.1) is 4.47 Å². The number of hydrogen-bond donors (Lipinski definition) is 1. The van der Waals surface area contributed by atoms with Gasteiger partial charge in [0.15, 0.2) is 0 Å². The summed E-state index contributed by atoms with van der Waals surface area (Å²) < 4.78 is 7.88. The molecule has 20 heavy (non-hydrogen) atoms. The van der Waals surface area contributed by atoms with E-state index >= 15 is 0 Å². The van der Waals surface area contributed by atoms with E-state index in [1.54, 1.807) is 35.2 Å². The van der Waals surface area contributed by atoms with Crippen molar-refractivity contribution < 1.29 is 4.74 Å². The predicted octanol–water partition coefficient (Wildman–Crippen LogP) is 3.04. The van der Waals surface area contributed by atoms with Crippen molar-refractivity contribution in [1.82, 2.24) is 9.55 Å². The lowest BCUT2D eigenvalue weighted by Crippen LogP contribution is -2.23. The number of ether oxygens (including phenoxy) is 1. The molecule has 1 heterocycles. The van der Waals surface area contributed by atoms with Crippen molar-refractivity contribution in [3.63, 3.8) is 0 Å². The highest BCUT2D eigenvalue weighted by molar-refractivity contribution is 9.10. The van der Waals surface area contributed by atoms with Crippen LogP contribution in [-0.2, 0) is 6.54 Å². The second-order valence-electron chi connectivity index (χ2n) is 4.88. The first-order valence-corrected chi connectivity index (χ1v) is 7.05. The quantitative estimate of drug-likeness (QED) is 0.870. The van der Waals surface area contributed by atoms with Gasteiger partial charge in [0.25, 0.3) is 5.88 Å². The predicted molar refractivity (Wildman–Crippen MR) is 82.0 cm³/mol. The molecule has 0 bridgehead atoms. The Morgan fingerprint density at radius 3 is 2.90 bits per heavy atom. The second kappa shape index (κ2) is 6.09. The zero-order valence-electron chi connectivity index (χ0n) is 11.3. The van der Waals surface area contributed by atoms with Crippen LogP contribution in [0.5, 0.6) is 11.6 Å². The molecule has 1 aromatic heterocycles. The van der Waals surface area contributed by atoms with Gasteiger partial charge in [-0.15, -0.1) is 0 Å². The summed E-state index contributed by atoms with van der Waals surface area (Å²) in [4.78, 5) is 16.2. The Balaban J connectivity index is 2.34. The molecule has 0 fully saturated rings. The molecule has 0 amide bonds. The van der Waals surface area contributed by atoms with Crippen molar-refractivity contribution in [1.29, 1.82) is 0 Å². The summed E-state index contributed by atoms with van der Waals surface area (Å²) in [6.45, 7) is 4.71. The molecular weight excluding hydrogens is 322 g/mol. The minimum absolute atomic E-state index is 0.0412. The van der Waals surface area contributed by atoms with Crippen LogP contribution < -0.4 is 16.0 Å². The Bertz CT molecular complexity index is 668. The number of aromatic nitrogens is 2. The van der Waals surface area contributed by atoms with Crippen LogP contribution in [-0.4, -0.2) is 9.55 Å². The third kappa shape index (κ3) is 3.39. The number of hydrogen-bond acceptors (Lipinski definition) is 4. The van der Waals surface area contributed by atoms with Crippen molar-refractivity contribution in [2.75, 3.05) is 5.73 Å². The van der Waals surface area contributed by atoms with Crippen molar-refractivity contribution in [3.8, 4) is 11.6 Å². The van der Waals surface area contributed by atoms with Gasteiger partial charge in [0.1, 0.15) is 5.75 Å². The van der Waals surface area contributed by atoms with E-state index in [0.29, 0.717) is 28.4 Å². The lowest BCUT2D eigenvalue weighted by molar-refractivity contribution is 0.431. The van der Waals surface area contributed by atoms with E-state index < -0.39 is 0 Å². The van der Waals surface area contributed by atoms with E-state index in [2.05, 4.69) is 20.9 Å². The fraction of sp³-hybridized carbons (Fsp3) is 0.286. The highest BCUT2D eigenvalue weighted by atomic mass is 79.9. The third-order valence-electron chi connectivity index (χ3n) is 2.61. The fourth-order valence-corrected chi connectivity index (χ4v) is 2.06. The maximum Gasteiger partial charge on any atom is 0.313 e. The Hall–Kier alpha value is -1.82. The molecule has 2 rings (SSSR count). The van der Waals surface area contributed by atoms with Crippen LogP contribution in [0.1, 0.15) is 13.8 Å². The minimum Gasteiger partial charge on any atom is -0.433 e. The highest BCUT2D eigenvalue weighted by Crippen LogP contribution is 2.29. The van der Waals surface area contributed by atoms with Gasteiger partial charge in [-0.3, -0.25) is 4.79 Å². The number of halogens is 1. The van der Waals surface area contributed by atoms with Crippen LogP contribution in [0, 0.1) is 5.92 Å². The largest absolute Gasteiger partial charge is 0.433 e. The first-order chi connectivity index (χ1) is 9.47. The number of nitrogens with two attached hydrogens (primary N) is 1. The number of anilines is 1. The van der Waals surface area contributed by atoms with E-state index in [1.165, 1.54) is 0 Å². The van der Waals surface area contributed by atoms with E-state index in [4.69, 9.17) is 10.5 Å². The summed E-state index contributed by atoms with van der Waals surface area (Å²) in [6, 6.07) is 5.15. The van der Waals surface area contributed by atoms with Crippen molar-refractivity contribution in [2.45, 2.75) is 20.4 Å². The standard InChI is InChI=1S/C14H16BrN3O2/c1-9(2)8-18-6-5-17-13(14(18)19)20-12-7-10(16)3-4-11(12)15/h3-7,9H,8,16H2,1-2H3.